The van der Waals surface area contributed by atoms with E-state index >= 15 is 0 Å². The molecule has 13 aromatic rings. The summed E-state index contributed by atoms with van der Waals surface area (Å²) in [6.45, 7) is 9.52. The quantitative estimate of drug-likeness (QED) is 0.113. The van der Waals surface area contributed by atoms with E-state index in [4.69, 9.17) is 0 Å². The fourth-order valence-corrected chi connectivity index (χ4v) is 13.5. The van der Waals surface area contributed by atoms with Gasteiger partial charge in [-0.25, -0.2) is 0 Å². The molecule has 0 atom stereocenters. The second-order valence-corrected chi connectivity index (χ2v) is 24.2. The first-order valence-electron chi connectivity index (χ1n) is 30.0. The monoisotopic (exact) mass is 1100 g/mol. The number of hydrogen-bond acceptors (Lipinski definition) is 2. The van der Waals surface area contributed by atoms with Crippen molar-refractivity contribution >= 4 is 80.0 Å². The van der Waals surface area contributed by atoms with Crippen LogP contribution in [0.1, 0.15) is 72.2 Å². The minimum Gasteiger partial charge on any atom is -0.310 e. The van der Waals surface area contributed by atoms with Gasteiger partial charge in [-0.1, -0.05) is 270 Å². The van der Waals surface area contributed by atoms with Crippen molar-refractivity contribution in [3.63, 3.8) is 0 Å². The van der Waals surface area contributed by atoms with Crippen LogP contribution in [0.4, 0.5) is 34.1 Å². The Morgan fingerprint density at radius 1 is 0.221 bits per heavy atom. The molecule has 86 heavy (non-hydrogen) atoms. The van der Waals surface area contributed by atoms with Crippen molar-refractivity contribution in [2.45, 2.75) is 38.5 Å². The van der Waals surface area contributed by atoms with E-state index in [-0.39, 0.29) is 10.8 Å². The van der Waals surface area contributed by atoms with Gasteiger partial charge in [-0.2, -0.15) is 0 Å². The van der Waals surface area contributed by atoms with Gasteiger partial charge in [0.1, 0.15) is 0 Å². The minimum absolute atomic E-state index is 0.209. The van der Waals surface area contributed by atoms with Gasteiger partial charge in [-0.05, 0) is 183 Å². The zero-order valence-corrected chi connectivity index (χ0v) is 48.9. The topological polar surface area (TPSA) is 6.48 Å². The molecule has 0 unspecified atom stereocenters. The smallest absolute Gasteiger partial charge is 0.0468 e. The van der Waals surface area contributed by atoms with Gasteiger partial charge in [0, 0.05) is 45.0 Å². The van der Waals surface area contributed by atoms with Crippen LogP contribution in [0, 0.1) is 0 Å². The van der Waals surface area contributed by atoms with Crippen molar-refractivity contribution in [3.8, 4) is 44.5 Å². The standard InChI is InChI=1S/C84H64N2/c1-83(2)79-49-59(37-45-75(79)77-47-43-73(55-81(77)83)85(71-41-39-63-21-11-13-23-65(63)53-71)69-27-15-25-67(51-69)61-17-7-5-8-18-61)35-33-57-29-31-58(32-30-57)34-36-60-38-46-76-78-48-44-74(56-82(78)84(3,4)80(76)50-60)86(72-42-40-64-22-12-14-24-66(64)54-72)70-28-16-26-68(52-70)62-19-9-6-10-20-62/h5-56H,1-4H3. The lowest BCUT2D eigenvalue weighted by molar-refractivity contribution is 0.660. The molecule has 13 aromatic carbocycles. The first-order chi connectivity index (χ1) is 42.1. The highest BCUT2D eigenvalue weighted by Crippen LogP contribution is 2.53. The van der Waals surface area contributed by atoms with Gasteiger partial charge < -0.3 is 9.80 Å². The lowest BCUT2D eigenvalue weighted by Crippen LogP contribution is -2.16. The molecule has 0 aliphatic heterocycles. The minimum atomic E-state index is -0.209. The van der Waals surface area contributed by atoms with Crippen LogP contribution in [0.2, 0.25) is 0 Å². The summed E-state index contributed by atoms with van der Waals surface area (Å²) in [5, 5.41) is 4.90. The van der Waals surface area contributed by atoms with Crippen LogP contribution in [0.15, 0.2) is 291 Å². The van der Waals surface area contributed by atoms with Gasteiger partial charge in [0.2, 0.25) is 0 Å². The first-order valence-corrected chi connectivity index (χ1v) is 30.0. The van der Waals surface area contributed by atoms with E-state index in [1.54, 1.807) is 0 Å². The molecule has 0 N–H and O–H groups in total. The third-order valence-corrected chi connectivity index (χ3v) is 18.2. The molecule has 0 saturated heterocycles. The van der Waals surface area contributed by atoms with E-state index in [1.165, 1.54) is 111 Å². The van der Waals surface area contributed by atoms with Crippen molar-refractivity contribution in [2.24, 2.45) is 0 Å². The number of fused-ring (bicyclic) bond motifs is 8. The second kappa shape index (κ2) is 21.3. The Morgan fingerprint density at radius 2 is 0.523 bits per heavy atom. The summed E-state index contributed by atoms with van der Waals surface area (Å²) in [5.74, 6) is 0. The average molecular weight is 1100 g/mol. The summed E-state index contributed by atoms with van der Waals surface area (Å²) in [4.78, 5) is 4.84. The van der Waals surface area contributed by atoms with Gasteiger partial charge in [-0.15, -0.1) is 0 Å². The fourth-order valence-electron chi connectivity index (χ4n) is 13.5. The third-order valence-electron chi connectivity index (χ3n) is 18.2. The van der Waals surface area contributed by atoms with E-state index in [0.717, 1.165) is 34.1 Å². The Labute approximate surface area is 505 Å². The fraction of sp³-hybridized carbons (Fsp3) is 0.0714. The van der Waals surface area contributed by atoms with Crippen LogP contribution in [0.5, 0.6) is 0 Å². The Bertz CT molecular complexity index is 4500. The average Bonchev–Trinajstić information content (AvgIpc) is 1.67. The number of rotatable bonds is 12. The largest absolute Gasteiger partial charge is 0.310 e. The number of hydrogen-bond donors (Lipinski definition) is 0. The van der Waals surface area contributed by atoms with Gasteiger partial charge in [0.05, 0.1) is 0 Å². The van der Waals surface area contributed by atoms with E-state index in [2.05, 4.69) is 353 Å². The lowest BCUT2D eigenvalue weighted by atomic mass is 9.81. The molecular weight excluding hydrogens is 1040 g/mol. The Balaban J connectivity index is 0.665. The molecule has 2 aliphatic carbocycles. The highest BCUT2D eigenvalue weighted by molar-refractivity contribution is 5.94. The molecule has 0 amide bonds. The predicted molar refractivity (Wildman–Crippen MR) is 368 cm³/mol. The molecule has 2 heteroatoms. The zero-order chi connectivity index (χ0) is 57.9. The summed E-state index contributed by atoms with van der Waals surface area (Å²) in [6.07, 6.45) is 8.99. The van der Waals surface area contributed by atoms with Gasteiger partial charge in [-0.3, -0.25) is 0 Å². The molecule has 2 aliphatic rings. The van der Waals surface area contributed by atoms with E-state index < -0.39 is 0 Å². The summed E-state index contributed by atoms with van der Waals surface area (Å²) < 4.78 is 0. The number of nitrogens with zero attached hydrogens (tertiary/aromatic N) is 2. The van der Waals surface area contributed by atoms with Gasteiger partial charge in [0.15, 0.2) is 0 Å². The van der Waals surface area contributed by atoms with Crippen LogP contribution in [-0.4, -0.2) is 0 Å². The van der Waals surface area contributed by atoms with Crippen molar-refractivity contribution in [1.29, 1.82) is 0 Å². The van der Waals surface area contributed by atoms with E-state index in [9.17, 15) is 0 Å². The normalized spacial score (nSPS) is 13.4. The number of anilines is 6. The van der Waals surface area contributed by atoms with Crippen LogP contribution in [0.3, 0.4) is 0 Å². The lowest BCUT2D eigenvalue weighted by Gasteiger charge is -2.28. The number of benzene rings is 13. The maximum atomic E-state index is 2.43. The summed E-state index contributed by atoms with van der Waals surface area (Å²) in [6, 6.07) is 107. The molecule has 0 radical (unpaired) electrons. The highest BCUT2D eigenvalue weighted by Gasteiger charge is 2.38. The highest BCUT2D eigenvalue weighted by atomic mass is 15.1. The van der Waals surface area contributed by atoms with Crippen molar-refractivity contribution in [2.75, 3.05) is 9.80 Å². The van der Waals surface area contributed by atoms with Crippen LogP contribution < -0.4 is 9.80 Å². The summed E-state index contributed by atoms with van der Waals surface area (Å²) in [7, 11) is 0. The van der Waals surface area contributed by atoms with Crippen molar-refractivity contribution in [1.82, 2.24) is 0 Å². The zero-order valence-electron chi connectivity index (χ0n) is 48.9. The molecule has 0 saturated carbocycles. The molecule has 410 valence electrons. The van der Waals surface area contributed by atoms with E-state index in [0.29, 0.717) is 0 Å². The van der Waals surface area contributed by atoms with Gasteiger partial charge in [0.25, 0.3) is 0 Å². The Morgan fingerprint density at radius 3 is 0.942 bits per heavy atom. The van der Waals surface area contributed by atoms with Crippen LogP contribution >= 0.6 is 0 Å². The maximum Gasteiger partial charge on any atom is 0.0468 e. The molecule has 2 nitrogen and oxygen atoms in total. The molecule has 0 fully saturated rings. The van der Waals surface area contributed by atoms with Crippen LogP contribution in [0.25, 0.3) is 90.4 Å². The Hall–Kier alpha value is -10.5. The van der Waals surface area contributed by atoms with Crippen molar-refractivity contribution in [3.05, 3.63) is 336 Å². The molecule has 15 rings (SSSR count). The maximum absolute atomic E-state index is 2.43. The third kappa shape index (κ3) is 9.50. The first kappa shape index (κ1) is 52.3. The molecule has 0 aromatic heterocycles. The van der Waals surface area contributed by atoms with Gasteiger partial charge >= 0.3 is 0 Å². The second-order valence-electron chi connectivity index (χ2n) is 24.2. The summed E-state index contributed by atoms with van der Waals surface area (Å²) in [5.41, 5.74) is 26.5. The summed E-state index contributed by atoms with van der Waals surface area (Å²) >= 11 is 0. The predicted octanol–water partition coefficient (Wildman–Crippen LogP) is 23.2. The Kier molecular flexibility index (Phi) is 12.9. The van der Waals surface area contributed by atoms with E-state index in [1.807, 2.05) is 0 Å². The molecule has 0 bridgehead atoms. The molecule has 0 heterocycles. The molecular formula is C84H64N2. The van der Waals surface area contributed by atoms with Crippen molar-refractivity contribution < 1.29 is 0 Å². The molecule has 0 spiro atoms. The van der Waals surface area contributed by atoms with Crippen LogP contribution in [-0.2, 0) is 10.8 Å². The SMILES string of the molecule is CC1(C)c2cc(C=Cc3ccc(C=Cc4ccc5c(c4)C(C)(C)c4cc(N(c6cccc(-c7ccccc7)c6)c6ccc7ccccc7c6)ccc4-5)cc3)ccc2-c2ccc(N(c3cccc(-c4ccccc4)c3)c3ccc4ccccc4c3)cc21.